The van der Waals surface area contributed by atoms with E-state index in [4.69, 9.17) is 35.9 Å². The average Bonchev–Trinajstić information content (AvgIpc) is 3.61. The molecule has 2 aromatic heterocycles. The maximum atomic E-state index is 14.6. The molecule has 240 valence electrons. The predicted molar refractivity (Wildman–Crippen MR) is 151 cm³/mol. The van der Waals surface area contributed by atoms with E-state index in [-0.39, 0.29) is 41.3 Å². The Morgan fingerprint density at radius 2 is 2.02 bits per heavy atom. The number of anilines is 2. The molecule has 5 N–H and O–H groups in total. The fraction of sp³-hybridized carbons (Fsp3) is 0.520. The van der Waals surface area contributed by atoms with Crippen molar-refractivity contribution >= 4 is 48.2 Å². The van der Waals surface area contributed by atoms with Gasteiger partial charge in [0.2, 0.25) is 10.8 Å². The molecule has 1 aromatic carbocycles. The maximum absolute atomic E-state index is 14.6. The van der Waals surface area contributed by atoms with E-state index in [9.17, 15) is 27.6 Å². The van der Waals surface area contributed by atoms with Gasteiger partial charge in [-0.05, 0) is 38.8 Å². The minimum atomic E-state index is -5.24. The molecule has 0 bridgehead atoms. The van der Waals surface area contributed by atoms with E-state index in [0.29, 0.717) is 0 Å². The summed E-state index contributed by atoms with van der Waals surface area (Å²) in [6.45, 7) is 2.03. The third kappa shape index (κ3) is 6.43. The first-order valence-corrected chi connectivity index (χ1v) is 15.5. The van der Waals surface area contributed by atoms with Gasteiger partial charge in [-0.3, -0.25) is 13.9 Å². The minimum absolute atomic E-state index is 0.0337. The molecule has 6 atom stereocenters. The predicted octanol–water partition coefficient (Wildman–Crippen LogP) is 3.53. The van der Waals surface area contributed by atoms with Crippen LogP contribution >= 0.6 is 19.3 Å². The Kier molecular flexibility index (Phi) is 8.99. The number of benzene rings is 1. The van der Waals surface area contributed by atoms with Gasteiger partial charge in [0.15, 0.2) is 23.2 Å². The van der Waals surface area contributed by atoms with Crippen LogP contribution in [-0.4, -0.2) is 79.2 Å². The highest BCUT2D eigenvalue weighted by molar-refractivity contribution is 7.52. The first-order valence-electron chi connectivity index (χ1n) is 13.5. The number of alkyl halides is 4. The number of halogens is 4. The highest BCUT2D eigenvalue weighted by atomic mass is 35.5. The molecule has 1 saturated carbocycles. The van der Waals surface area contributed by atoms with Crippen molar-refractivity contribution < 1.29 is 46.2 Å². The summed E-state index contributed by atoms with van der Waals surface area (Å²) < 4.78 is 80.0. The van der Waals surface area contributed by atoms with Crippen LogP contribution in [0.4, 0.5) is 24.9 Å². The van der Waals surface area contributed by atoms with Gasteiger partial charge < -0.3 is 30.2 Å². The number of esters is 1. The summed E-state index contributed by atoms with van der Waals surface area (Å²) in [5.74, 6) is -0.746. The summed E-state index contributed by atoms with van der Waals surface area (Å²) in [7, 11) is -4.51. The molecule has 0 amide bonds. The van der Waals surface area contributed by atoms with Crippen LogP contribution in [0, 0.1) is 0 Å². The van der Waals surface area contributed by atoms with Crippen LogP contribution < -0.4 is 20.7 Å². The summed E-state index contributed by atoms with van der Waals surface area (Å²) >= 11 is 6.19. The molecule has 0 spiro atoms. The zero-order chi connectivity index (χ0) is 31.9. The molecule has 0 unspecified atom stereocenters. The summed E-state index contributed by atoms with van der Waals surface area (Å²) in [6, 6.07) is 6.60. The molecule has 0 radical (unpaired) electrons. The van der Waals surface area contributed by atoms with Crippen molar-refractivity contribution in [2.24, 2.45) is 0 Å². The number of para-hydroxylation sites is 1. The van der Waals surface area contributed by atoms with E-state index >= 15 is 0 Å². The summed E-state index contributed by atoms with van der Waals surface area (Å²) in [5, 5.41) is 16.5. The van der Waals surface area contributed by atoms with Gasteiger partial charge in [0.05, 0.1) is 19.5 Å². The Hall–Kier alpha value is -3.21. The second kappa shape index (κ2) is 12.3. The number of imidazole rings is 1. The highest BCUT2D eigenvalue weighted by Crippen LogP contribution is 2.55. The first-order chi connectivity index (χ1) is 20.8. The molecule has 3 heterocycles. The van der Waals surface area contributed by atoms with Crippen molar-refractivity contribution in [2.45, 2.75) is 68.3 Å². The number of hydrogen-bond acceptors (Lipinski definition) is 12. The van der Waals surface area contributed by atoms with E-state index in [1.165, 1.54) is 19.1 Å². The molecule has 2 aliphatic rings. The zero-order valence-corrected chi connectivity index (χ0v) is 25.1. The number of nitrogens with two attached hydrogens (primary N) is 1. The molecule has 1 aliphatic heterocycles. The van der Waals surface area contributed by atoms with Crippen molar-refractivity contribution in [1.82, 2.24) is 24.6 Å². The molecular formula is C25H30ClF3N7O7P. The normalized spacial score (nSPS) is 25.8. The van der Waals surface area contributed by atoms with Crippen molar-refractivity contribution in [3.63, 3.8) is 0 Å². The molecule has 5 rings (SSSR count). The summed E-state index contributed by atoms with van der Waals surface area (Å²) in [5.41, 5.74) is 5.83. The van der Waals surface area contributed by atoms with Crippen molar-refractivity contribution in [1.29, 1.82) is 0 Å². The quantitative estimate of drug-likeness (QED) is 0.125. The van der Waals surface area contributed by atoms with Gasteiger partial charge in [-0.2, -0.15) is 28.2 Å². The standard InChI is InChI=1S/C25H30ClF3N7O7P/c1-3-40-21(38)13(2)35-44(39,43-15-7-5-4-6-8-15)41-11-16-18(37)24(26,25(27,28)29)22(42-16)36-12-31-17-19(32-14-9-10-14)33-23(30)34-20(17)36/h4-8,12-14,16,18,22,37H,3,9-11H2,1-2H3,(H,35,39)(H3,30,32,33,34)/t13-,16-,18-,22-,24-,44-/m1/s1. The number of aliphatic hydroxyl groups excluding tert-OH is 1. The van der Waals surface area contributed by atoms with E-state index < -0.39 is 55.9 Å². The lowest BCUT2D eigenvalue weighted by atomic mass is 9.98. The Labute approximate surface area is 254 Å². The Bertz CT molecular complexity index is 1550. The largest absolute Gasteiger partial charge is 0.465 e. The van der Waals surface area contributed by atoms with E-state index in [1.807, 2.05) is 0 Å². The van der Waals surface area contributed by atoms with E-state index in [0.717, 1.165) is 23.7 Å². The highest BCUT2D eigenvalue weighted by Gasteiger charge is 2.71. The molecule has 19 heteroatoms. The van der Waals surface area contributed by atoms with Gasteiger partial charge in [-0.25, -0.2) is 9.55 Å². The van der Waals surface area contributed by atoms with Crippen molar-refractivity contribution in [3.05, 3.63) is 36.7 Å². The molecule has 14 nitrogen and oxygen atoms in total. The number of nitrogen functional groups attached to an aromatic ring is 1. The number of ether oxygens (including phenoxy) is 2. The lowest BCUT2D eigenvalue weighted by Crippen LogP contribution is -2.53. The van der Waals surface area contributed by atoms with Crippen LogP contribution in [0.3, 0.4) is 0 Å². The first kappa shape index (κ1) is 32.2. The maximum Gasteiger partial charge on any atom is 0.459 e. The van der Waals surface area contributed by atoms with Crippen LogP contribution in [0.5, 0.6) is 5.75 Å². The van der Waals surface area contributed by atoms with Gasteiger partial charge in [-0.15, -0.1) is 11.6 Å². The number of hydrogen-bond donors (Lipinski definition) is 4. The molecule has 44 heavy (non-hydrogen) atoms. The Morgan fingerprint density at radius 1 is 1.32 bits per heavy atom. The fourth-order valence-corrected chi connectivity index (χ4v) is 6.33. The number of nitrogens with zero attached hydrogens (tertiary/aromatic N) is 4. The smallest absolute Gasteiger partial charge is 0.459 e. The summed E-state index contributed by atoms with van der Waals surface area (Å²) in [6.07, 6.45) is -8.84. The lowest BCUT2D eigenvalue weighted by molar-refractivity contribution is -0.195. The van der Waals surface area contributed by atoms with Crippen LogP contribution in [0.25, 0.3) is 11.2 Å². The number of nitrogens with one attached hydrogen (secondary N) is 2. The number of aromatic nitrogens is 4. The fourth-order valence-electron chi connectivity index (χ4n) is 4.53. The van der Waals surface area contributed by atoms with Crippen LogP contribution in [0.1, 0.15) is 32.9 Å². The van der Waals surface area contributed by atoms with Gasteiger partial charge in [-0.1, -0.05) is 18.2 Å². The van der Waals surface area contributed by atoms with E-state index in [2.05, 4.69) is 25.4 Å². The van der Waals surface area contributed by atoms with E-state index in [1.54, 1.807) is 25.1 Å². The minimum Gasteiger partial charge on any atom is -0.465 e. The van der Waals surface area contributed by atoms with Crippen molar-refractivity contribution in [3.8, 4) is 5.75 Å². The Balaban J connectivity index is 1.44. The molecule has 2 fully saturated rings. The Morgan fingerprint density at radius 3 is 2.66 bits per heavy atom. The zero-order valence-electron chi connectivity index (χ0n) is 23.4. The third-order valence-electron chi connectivity index (χ3n) is 6.86. The van der Waals surface area contributed by atoms with Gasteiger partial charge in [0, 0.05) is 6.04 Å². The second-order valence-electron chi connectivity index (χ2n) is 10.2. The topological polar surface area (TPSA) is 185 Å². The lowest BCUT2D eigenvalue weighted by Gasteiger charge is -2.32. The molecular weight excluding hydrogens is 634 g/mol. The number of fused-ring (bicyclic) bond motifs is 1. The SMILES string of the molecule is CCOC(=O)[C@@H](C)N[P@@](=O)(OC[C@H]1O[C@@H](n2cnc3c(NC4CC4)nc(N)nc32)[C@@](Cl)(C(F)(F)F)[C@@H]1O)Oc1ccccc1. The van der Waals surface area contributed by atoms with Crippen LogP contribution in [-0.2, 0) is 23.4 Å². The van der Waals surface area contributed by atoms with Crippen LogP contribution in [0.15, 0.2) is 36.7 Å². The van der Waals surface area contributed by atoms with Crippen molar-refractivity contribution in [2.75, 3.05) is 24.3 Å². The molecule has 1 aliphatic carbocycles. The molecule has 3 aromatic rings. The number of carbonyl (C=O) groups excluding carboxylic acids is 1. The van der Waals surface area contributed by atoms with Gasteiger partial charge in [0.1, 0.15) is 24.0 Å². The summed E-state index contributed by atoms with van der Waals surface area (Å²) in [4.78, 5) is 21.1. The number of aliphatic hydroxyl groups is 1. The average molecular weight is 664 g/mol. The number of rotatable bonds is 12. The van der Waals surface area contributed by atoms with Crippen LogP contribution in [0.2, 0.25) is 0 Å². The van der Waals surface area contributed by atoms with Gasteiger partial charge >= 0.3 is 19.9 Å². The second-order valence-corrected chi connectivity index (χ2v) is 12.5. The monoisotopic (exact) mass is 663 g/mol. The van der Waals surface area contributed by atoms with Gasteiger partial charge in [0.25, 0.3) is 0 Å². The number of carbonyl (C=O) groups is 1. The molecule has 1 saturated heterocycles. The third-order valence-corrected chi connectivity index (χ3v) is 9.13.